The van der Waals surface area contributed by atoms with Gasteiger partial charge in [0.2, 0.25) is 5.70 Å². The molecule has 0 saturated carbocycles. The summed E-state index contributed by atoms with van der Waals surface area (Å²) in [5.74, 6) is 1.49. The second kappa shape index (κ2) is 20.2. The molecule has 6 rings (SSSR count). The fourth-order valence-electron chi connectivity index (χ4n) is 7.13. The van der Waals surface area contributed by atoms with Crippen LogP contribution in [0.2, 0.25) is 0 Å². The molecule has 0 atom stereocenters. The zero-order valence-electron chi connectivity index (χ0n) is 33.9. The van der Waals surface area contributed by atoms with E-state index in [0.29, 0.717) is 39.8 Å². The van der Waals surface area contributed by atoms with Crippen molar-refractivity contribution in [3.8, 4) is 0 Å². The smallest absolute Gasteiger partial charge is 0.343 e. The van der Waals surface area contributed by atoms with Crippen molar-refractivity contribution in [1.29, 1.82) is 0 Å². The van der Waals surface area contributed by atoms with E-state index in [4.69, 9.17) is 20.7 Å². The van der Waals surface area contributed by atoms with Gasteiger partial charge in [-0.15, -0.1) is 0 Å². The molecule has 0 saturated heterocycles. The van der Waals surface area contributed by atoms with Crippen molar-refractivity contribution >= 4 is 51.2 Å². The molecule has 0 amide bonds. The maximum Gasteiger partial charge on any atom is 0.343 e. The number of H-pyrrole nitrogens is 1. The topological polar surface area (TPSA) is 79.0 Å². The maximum atomic E-state index is 13.4. The van der Waals surface area contributed by atoms with Gasteiger partial charge in [-0.25, -0.2) is 14.6 Å². The molecule has 1 aliphatic heterocycles. The number of fused-ring (bicyclic) bond motifs is 2. The molecule has 3 heterocycles. The summed E-state index contributed by atoms with van der Waals surface area (Å²) in [7, 11) is 0. The van der Waals surface area contributed by atoms with Crippen LogP contribution in [0.25, 0.3) is 44.7 Å². The number of hydrogen-bond acceptors (Lipinski definition) is 6. The third-order valence-corrected chi connectivity index (χ3v) is 10.4. The number of nitrogens with zero attached hydrogens (tertiary/aromatic N) is 4. The Labute approximate surface area is 337 Å². The molecule has 294 valence electrons. The Kier molecular flexibility index (Phi) is 14.4. The highest BCUT2D eigenvalue weighted by molar-refractivity contribution is 5.84. The molecule has 0 spiro atoms. The number of aromatic nitrogens is 2. The normalized spacial score (nSPS) is 13.9. The SMILES string of the molecule is [C-]#[N+]/C(=C1C=C(/C=C/c2ccc(N(CC)CC)cc2)OC(/C=C/c2cc3ccc(N(CCCC)CCCCCCCC)cc3oc2=O)=C/1)c1nc2ccccc2[nH]1. The molecule has 57 heavy (non-hydrogen) atoms. The van der Waals surface area contributed by atoms with Crippen LogP contribution in [0.1, 0.15) is 96.0 Å². The highest BCUT2D eigenvalue weighted by Crippen LogP contribution is 2.30. The Hall–Kier alpha value is -6.07. The Morgan fingerprint density at radius 1 is 0.754 bits per heavy atom. The van der Waals surface area contributed by atoms with E-state index >= 15 is 0 Å². The molecular weight excluding hydrogens is 707 g/mol. The number of allylic oxidation sites excluding steroid dienone is 5. The van der Waals surface area contributed by atoms with Gasteiger partial charge >= 0.3 is 5.63 Å². The summed E-state index contributed by atoms with van der Waals surface area (Å²) >= 11 is 0. The number of para-hydroxylation sites is 2. The van der Waals surface area contributed by atoms with E-state index in [9.17, 15) is 4.79 Å². The lowest BCUT2D eigenvalue weighted by Crippen LogP contribution is -2.25. The zero-order valence-corrected chi connectivity index (χ0v) is 33.9. The van der Waals surface area contributed by atoms with Crippen molar-refractivity contribution in [1.82, 2.24) is 9.97 Å². The molecule has 1 N–H and O–H groups in total. The zero-order chi connectivity index (χ0) is 40.0. The van der Waals surface area contributed by atoms with Crippen molar-refractivity contribution in [3.05, 3.63) is 153 Å². The van der Waals surface area contributed by atoms with Gasteiger partial charge < -0.3 is 23.9 Å². The van der Waals surface area contributed by atoms with Gasteiger partial charge in [-0.3, -0.25) is 0 Å². The minimum absolute atomic E-state index is 0.361. The number of ether oxygens (including phenoxy) is 1. The lowest BCUT2D eigenvalue weighted by molar-refractivity contribution is 0.332. The van der Waals surface area contributed by atoms with Crippen LogP contribution in [-0.4, -0.2) is 36.1 Å². The fraction of sp³-hybridized carbons (Fsp3) is 0.327. The third-order valence-electron chi connectivity index (χ3n) is 10.4. The van der Waals surface area contributed by atoms with Gasteiger partial charge in [-0.2, -0.15) is 0 Å². The van der Waals surface area contributed by atoms with Gasteiger partial charge in [0.1, 0.15) is 22.9 Å². The van der Waals surface area contributed by atoms with E-state index in [1.54, 1.807) is 18.2 Å². The lowest BCUT2D eigenvalue weighted by atomic mass is 10.1. The first kappa shape index (κ1) is 40.6. The lowest BCUT2D eigenvalue weighted by Gasteiger charge is -2.25. The Morgan fingerprint density at radius 3 is 2.16 bits per heavy atom. The number of nitrogens with one attached hydrogen (secondary N) is 1. The van der Waals surface area contributed by atoms with Crippen molar-refractivity contribution < 1.29 is 9.15 Å². The third kappa shape index (κ3) is 10.6. The first-order valence-corrected chi connectivity index (χ1v) is 20.6. The number of rotatable bonds is 19. The number of imidazole rings is 1. The van der Waals surface area contributed by atoms with Crippen molar-refractivity contribution in [3.63, 3.8) is 0 Å². The number of hydrogen-bond donors (Lipinski definition) is 1. The van der Waals surface area contributed by atoms with Gasteiger partial charge in [0.05, 0.1) is 23.2 Å². The molecule has 3 aromatic carbocycles. The standard InChI is InChI=1S/C49H55N5O3/c1-6-10-12-13-14-17-31-54(30-11-7-2)41-27-23-37-32-38(49(55)57-46(37)35-41)24-29-43-34-39(47(50-5)48-51-44-18-15-16-19-45(44)52-48)33-42(56-43)28-22-36-20-25-40(26-21-36)53(8-3)9-4/h15-16,18-29,32-35H,6-14,17,30-31H2,1-4H3,(H,51,52)/b28-22+,29-24+,47-39-. The van der Waals surface area contributed by atoms with Gasteiger partial charge in [0.25, 0.3) is 0 Å². The van der Waals surface area contributed by atoms with Crippen LogP contribution in [0.4, 0.5) is 11.4 Å². The predicted octanol–water partition coefficient (Wildman–Crippen LogP) is 12.3. The van der Waals surface area contributed by atoms with Crippen LogP contribution in [-0.2, 0) is 4.74 Å². The molecule has 0 radical (unpaired) electrons. The van der Waals surface area contributed by atoms with E-state index in [1.807, 2.05) is 60.7 Å². The molecule has 0 unspecified atom stereocenters. The molecule has 2 aromatic heterocycles. The minimum Gasteiger partial charge on any atom is -0.457 e. The Morgan fingerprint density at radius 2 is 1.44 bits per heavy atom. The first-order chi connectivity index (χ1) is 27.9. The maximum absolute atomic E-state index is 13.4. The van der Waals surface area contributed by atoms with E-state index in [-0.39, 0.29) is 0 Å². The van der Waals surface area contributed by atoms with E-state index in [2.05, 4.69) is 77.7 Å². The summed E-state index contributed by atoms with van der Waals surface area (Å²) in [6, 6.07) is 24.2. The van der Waals surface area contributed by atoms with Crippen molar-refractivity contribution in [2.45, 2.75) is 79.1 Å². The van der Waals surface area contributed by atoms with Gasteiger partial charge in [-0.1, -0.05) is 82.7 Å². The molecule has 0 bridgehead atoms. The second-order valence-electron chi connectivity index (χ2n) is 14.5. The number of benzene rings is 3. The number of aromatic amines is 1. The fourth-order valence-corrected chi connectivity index (χ4v) is 7.13. The molecule has 0 aliphatic carbocycles. The van der Waals surface area contributed by atoms with Gasteiger partial charge in [-0.05, 0) is 111 Å². The molecule has 5 aromatic rings. The highest BCUT2D eigenvalue weighted by Gasteiger charge is 2.17. The summed E-state index contributed by atoms with van der Waals surface area (Å²) in [5.41, 5.74) is 6.47. The Balaban J connectivity index is 1.27. The minimum atomic E-state index is -0.424. The molecule has 1 aliphatic rings. The highest BCUT2D eigenvalue weighted by atomic mass is 16.5. The quantitative estimate of drug-likeness (QED) is 0.0513. The summed E-state index contributed by atoms with van der Waals surface area (Å²) < 4.78 is 12.3. The van der Waals surface area contributed by atoms with Gasteiger partial charge in [0, 0.05) is 49.0 Å². The van der Waals surface area contributed by atoms with Gasteiger partial charge in [0.15, 0.2) is 0 Å². The molecular formula is C49H55N5O3. The summed E-state index contributed by atoms with van der Waals surface area (Å²) in [6.07, 6.45) is 20.8. The summed E-state index contributed by atoms with van der Waals surface area (Å²) in [4.78, 5) is 30.0. The Bertz CT molecular complexity index is 2350. The van der Waals surface area contributed by atoms with E-state index in [0.717, 1.165) is 73.1 Å². The van der Waals surface area contributed by atoms with Crippen LogP contribution in [0.5, 0.6) is 0 Å². The number of anilines is 2. The van der Waals surface area contributed by atoms with Crippen LogP contribution >= 0.6 is 0 Å². The second-order valence-corrected chi connectivity index (χ2v) is 14.5. The van der Waals surface area contributed by atoms with E-state index in [1.165, 1.54) is 37.8 Å². The van der Waals surface area contributed by atoms with Crippen molar-refractivity contribution in [2.75, 3.05) is 36.0 Å². The summed E-state index contributed by atoms with van der Waals surface area (Å²) in [6.45, 7) is 20.8. The average molecular weight is 762 g/mol. The predicted molar refractivity (Wildman–Crippen MR) is 238 cm³/mol. The monoisotopic (exact) mass is 761 g/mol. The average Bonchev–Trinajstić information content (AvgIpc) is 3.66. The molecule has 0 fully saturated rings. The van der Waals surface area contributed by atoms with Crippen molar-refractivity contribution in [2.24, 2.45) is 0 Å². The first-order valence-electron chi connectivity index (χ1n) is 20.6. The van der Waals surface area contributed by atoms with Crippen LogP contribution in [0.15, 0.2) is 123 Å². The van der Waals surface area contributed by atoms with Crippen LogP contribution < -0.4 is 15.4 Å². The molecule has 8 heteroatoms. The largest absolute Gasteiger partial charge is 0.457 e. The van der Waals surface area contributed by atoms with E-state index < -0.39 is 5.63 Å². The molecule has 8 nitrogen and oxygen atoms in total. The number of unbranched alkanes of at least 4 members (excludes halogenated alkanes) is 6. The van der Waals surface area contributed by atoms with Crippen LogP contribution in [0.3, 0.4) is 0 Å². The van der Waals surface area contributed by atoms with Crippen LogP contribution in [0, 0.1) is 6.57 Å². The summed E-state index contributed by atoms with van der Waals surface area (Å²) in [5, 5.41) is 0.850.